The number of rotatable bonds is 2. The van der Waals surface area contributed by atoms with E-state index >= 15 is 0 Å². The second kappa shape index (κ2) is 6.41. The summed E-state index contributed by atoms with van der Waals surface area (Å²) in [5, 5.41) is 2.62. The fourth-order valence-corrected chi connectivity index (χ4v) is 6.46. The highest BCUT2D eigenvalue weighted by Crippen LogP contribution is 2.53. The van der Waals surface area contributed by atoms with Crippen molar-refractivity contribution in [2.75, 3.05) is 16.3 Å². The Morgan fingerprint density at radius 1 is 0.758 bits per heavy atom. The minimum absolute atomic E-state index is 0.0216. The molecule has 2 aliphatic rings. The van der Waals surface area contributed by atoms with Gasteiger partial charge in [-0.15, -0.1) is 0 Å². The summed E-state index contributed by atoms with van der Waals surface area (Å²) in [6.45, 7) is 8.06. The number of hydrogen-bond acceptors (Lipinski definition) is 2. The normalized spacial score (nSPS) is 21.4. The van der Waals surface area contributed by atoms with Crippen LogP contribution in [-0.2, 0) is 5.54 Å². The monoisotopic (exact) mass is 429 g/mol. The number of aryl methyl sites for hydroxylation is 1. The van der Waals surface area contributed by atoms with Crippen molar-refractivity contribution in [2.45, 2.75) is 32.5 Å². The van der Waals surface area contributed by atoms with E-state index in [-0.39, 0.29) is 5.54 Å². The molecule has 0 aliphatic carbocycles. The van der Waals surface area contributed by atoms with Gasteiger partial charge in [0.1, 0.15) is 0 Å². The van der Waals surface area contributed by atoms with Crippen LogP contribution in [0, 0.1) is 6.92 Å². The number of para-hydroxylation sites is 3. The number of benzene rings is 4. The molecule has 3 heteroatoms. The Labute approximate surface area is 194 Å². The molecule has 2 bridgehead atoms. The predicted octanol–water partition coefficient (Wildman–Crippen LogP) is 6.99. The van der Waals surface area contributed by atoms with Gasteiger partial charge in [0, 0.05) is 39.9 Å². The van der Waals surface area contributed by atoms with Gasteiger partial charge in [-0.3, -0.25) is 0 Å². The molecule has 0 spiro atoms. The van der Waals surface area contributed by atoms with Crippen LogP contribution in [0.2, 0.25) is 0 Å². The van der Waals surface area contributed by atoms with Crippen molar-refractivity contribution in [1.82, 2.24) is 4.57 Å². The molecule has 1 fully saturated rings. The van der Waals surface area contributed by atoms with Crippen molar-refractivity contribution in [3.05, 3.63) is 102 Å². The highest BCUT2D eigenvalue weighted by atomic mass is 15.5. The van der Waals surface area contributed by atoms with Crippen LogP contribution >= 0.6 is 0 Å². The highest BCUT2D eigenvalue weighted by molar-refractivity contribution is 6.10. The van der Waals surface area contributed by atoms with E-state index in [1.807, 2.05) is 0 Å². The molecule has 7 rings (SSSR count). The molecule has 3 heterocycles. The molecule has 0 amide bonds. The Hall–Kier alpha value is -3.72. The molecule has 1 saturated heterocycles. The zero-order valence-electron chi connectivity index (χ0n) is 19.3. The van der Waals surface area contributed by atoms with Gasteiger partial charge in [0.15, 0.2) is 0 Å². The van der Waals surface area contributed by atoms with Gasteiger partial charge in [-0.2, -0.15) is 0 Å². The molecule has 2 atom stereocenters. The standard InChI is InChI=1S/C30H27N3/c1-20-17-29-24(23-13-7-9-15-26(23)32(29)22-11-5-4-6-12-22)18-28(20)33-21(2)31-19-30(33,3)25-14-8-10-16-27(25)31/h4-18,21H,19H2,1-3H3. The van der Waals surface area contributed by atoms with Crippen LogP contribution in [0.25, 0.3) is 27.5 Å². The van der Waals surface area contributed by atoms with E-state index in [0.29, 0.717) is 6.17 Å². The van der Waals surface area contributed by atoms with Crippen LogP contribution in [0.1, 0.15) is 25.0 Å². The molecule has 2 unspecified atom stereocenters. The van der Waals surface area contributed by atoms with E-state index in [2.05, 4.69) is 126 Å². The molecule has 0 N–H and O–H groups in total. The average molecular weight is 430 g/mol. The van der Waals surface area contributed by atoms with Crippen molar-refractivity contribution in [3.63, 3.8) is 0 Å². The first-order chi connectivity index (χ1) is 16.1. The summed E-state index contributed by atoms with van der Waals surface area (Å²) >= 11 is 0. The molecule has 5 aromatic rings. The number of anilines is 2. The largest absolute Gasteiger partial charge is 0.348 e. The highest BCUT2D eigenvalue weighted by Gasteiger charge is 2.54. The number of hydrogen-bond donors (Lipinski definition) is 0. The lowest BCUT2D eigenvalue weighted by Crippen LogP contribution is -2.47. The Morgan fingerprint density at radius 2 is 1.48 bits per heavy atom. The molecule has 3 nitrogen and oxygen atoms in total. The molecule has 1 aromatic heterocycles. The molecule has 0 saturated carbocycles. The van der Waals surface area contributed by atoms with Gasteiger partial charge in [-0.05, 0) is 62.7 Å². The average Bonchev–Trinajstić information content (AvgIpc) is 3.42. The lowest BCUT2D eigenvalue weighted by Gasteiger charge is -2.43. The lowest BCUT2D eigenvalue weighted by atomic mass is 9.90. The Kier molecular flexibility index (Phi) is 3.66. The Balaban J connectivity index is 1.49. The number of fused-ring (bicyclic) bond motifs is 8. The molecule has 4 aromatic carbocycles. The molecule has 2 aliphatic heterocycles. The van der Waals surface area contributed by atoms with Crippen molar-refractivity contribution in [3.8, 4) is 5.69 Å². The maximum atomic E-state index is 2.65. The zero-order chi connectivity index (χ0) is 22.3. The van der Waals surface area contributed by atoms with E-state index in [0.717, 1.165) is 6.54 Å². The van der Waals surface area contributed by atoms with Crippen molar-refractivity contribution in [1.29, 1.82) is 0 Å². The van der Waals surface area contributed by atoms with E-state index < -0.39 is 0 Å². The van der Waals surface area contributed by atoms with Crippen LogP contribution < -0.4 is 9.80 Å². The quantitative estimate of drug-likeness (QED) is 0.299. The van der Waals surface area contributed by atoms with E-state index in [9.17, 15) is 0 Å². The smallest absolute Gasteiger partial charge is 0.0997 e. The Bertz CT molecular complexity index is 1550. The third-order valence-corrected chi connectivity index (χ3v) is 7.89. The van der Waals surface area contributed by atoms with Crippen molar-refractivity contribution < 1.29 is 0 Å². The van der Waals surface area contributed by atoms with Crippen LogP contribution in [0.5, 0.6) is 0 Å². The molecule has 0 radical (unpaired) electrons. The van der Waals surface area contributed by atoms with Gasteiger partial charge in [0.05, 0.1) is 22.7 Å². The zero-order valence-corrected chi connectivity index (χ0v) is 19.3. The van der Waals surface area contributed by atoms with Gasteiger partial charge in [-0.1, -0.05) is 54.6 Å². The third-order valence-electron chi connectivity index (χ3n) is 7.89. The summed E-state index contributed by atoms with van der Waals surface area (Å²) in [6.07, 6.45) is 0.323. The van der Waals surface area contributed by atoms with Gasteiger partial charge in [-0.25, -0.2) is 0 Å². The second-order valence-electron chi connectivity index (χ2n) is 9.76. The molecular formula is C30H27N3. The maximum absolute atomic E-state index is 2.65. The molecular weight excluding hydrogens is 402 g/mol. The van der Waals surface area contributed by atoms with Gasteiger partial charge in [0.25, 0.3) is 0 Å². The SMILES string of the molecule is Cc1cc2c(cc1N1C(C)N3CC1(C)c1ccccc13)c1ccccc1n2-c1ccccc1. The van der Waals surface area contributed by atoms with Gasteiger partial charge < -0.3 is 14.4 Å². The van der Waals surface area contributed by atoms with Crippen LogP contribution in [0.3, 0.4) is 0 Å². The Morgan fingerprint density at radius 3 is 2.33 bits per heavy atom. The summed E-state index contributed by atoms with van der Waals surface area (Å²) in [6, 6.07) is 33.3. The summed E-state index contributed by atoms with van der Waals surface area (Å²) in [5.41, 5.74) is 9.20. The summed E-state index contributed by atoms with van der Waals surface area (Å²) in [4.78, 5) is 5.21. The predicted molar refractivity (Wildman–Crippen MR) is 139 cm³/mol. The van der Waals surface area contributed by atoms with Gasteiger partial charge in [0.2, 0.25) is 0 Å². The van der Waals surface area contributed by atoms with Crippen molar-refractivity contribution >= 4 is 33.2 Å². The maximum Gasteiger partial charge on any atom is 0.0997 e. The summed E-state index contributed by atoms with van der Waals surface area (Å²) in [5.74, 6) is 0. The minimum atomic E-state index is -0.0216. The van der Waals surface area contributed by atoms with E-state index in [1.165, 1.54) is 50.0 Å². The van der Waals surface area contributed by atoms with Gasteiger partial charge >= 0.3 is 0 Å². The van der Waals surface area contributed by atoms with E-state index in [1.54, 1.807) is 0 Å². The number of nitrogens with zero attached hydrogens (tertiary/aromatic N) is 3. The minimum Gasteiger partial charge on any atom is -0.348 e. The third kappa shape index (κ3) is 2.34. The van der Waals surface area contributed by atoms with E-state index in [4.69, 9.17) is 0 Å². The van der Waals surface area contributed by atoms with Crippen LogP contribution in [0.4, 0.5) is 11.4 Å². The first-order valence-corrected chi connectivity index (χ1v) is 11.8. The number of aromatic nitrogens is 1. The molecule has 33 heavy (non-hydrogen) atoms. The first-order valence-electron chi connectivity index (χ1n) is 11.8. The second-order valence-corrected chi connectivity index (χ2v) is 9.76. The fourth-order valence-electron chi connectivity index (χ4n) is 6.46. The fraction of sp³-hybridized carbons (Fsp3) is 0.200. The topological polar surface area (TPSA) is 11.4 Å². The summed E-state index contributed by atoms with van der Waals surface area (Å²) < 4.78 is 2.40. The van der Waals surface area contributed by atoms with Crippen LogP contribution in [-0.4, -0.2) is 17.3 Å². The first kappa shape index (κ1) is 18.8. The van der Waals surface area contributed by atoms with Crippen LogP contribution in [0.15, 0.2) is 91.0 Å². The summed E-state index contributed by atoms with van der Waals surface area (Å²) in [7, 11) is 0. The molecule has 162 valence electrons. The van der Waals surface area contributed by atoms with Crippen molar-refractivity contribution in [2.24, 2.45) is 0 Å². The lowest BCUT2D eigenvalue weighted by molar-refractivity contribution is 0.511.